The van der Waals surface area contributed by atoms with Crippen LogP contribution in [0, 0.1) is 5.92 Å². The smallest absolute Gasteiger partial charge is 0.303 e. The fourth-order valence-electron chi connectivity index (χ4n) is 2.10. The molecule has 1 aromatic rings. The lowest BCUT2D eigenvalue weighted by Gasteiger charge is -2.20. The van der Waals surface area contributed by atoms with Crippen molar-refractivity contribution in [3.8, 4) is 11.5 Å². The molecule has 104 valence electrons. The van der Waals surface area contributed by atoms with E-state index < -0.39 is 5.97 Å². The Bertz CT molecular complexity index is 473. The molecule has 1 aliphatic heterocycles. The van der Waals surface area contributed by atoms with Crippen LogP contribution < -0.4 is 9.47 Å². The Morgan fingerprint density at radius 3 is 2.63 bits per heavy atom. The summed E-state index contributed by atoms with van der Waals surface area (Å²) in [5, 5.41) is 8.75. The van der Waals surface area contributed by atoms with Gasteiger partial charge in [0.1, 0.15) is 13.2 Å². The fourth-order valence-corrected chi connectivity index (χ4v) is 2.62. The molecule has 0 fully saturated rings. The van der Waals surface area contributed by atoms with Crippen LogP contribution in [-0.4, -0.2) is 24.3 Å². The number of carboxylic acids is 1. The lowest BCUT2D eigenvalue weighted by molar-refractivity contribution is -0.138. The van der Waals surface area contributed by atoms with Gasteiger partial charge in [-0.3, -0.25) is 4.79 Å². The van der Waals surface area contributed by atoms with E-state index >= 15 is 0 Å². The Labute approximate surface area is 120 Å². The van der Waals surface area contributed by atoms with Crippen LogP contribution in [0.1, 0.15) is 25.3 Å². The molecule has 5 heteroatoms. The summed E-state index contributed by atoms with van der Waals surface area (Å²) in [6.07, 6.45) is 1.87. The van der Waals surface area contributed by atoms with Crippen LogP contribution >= 0.6 is 15.9 Å². The molecule has 1 N–H and O–H groups in total. The highest BCUT2D eigenvalue weighted by Gasteiger charge is 2.15. The van der Waals surface area contributed by atoms with Gasteiger partial charge in [0.15, 0.2) is 11.5 Å². The zero-order valence-corrected chi connectivity index (χ0v) is 12.4. The molecule has 4 nitrogen and oxygen atoms in total. The van der Waals surface area contributed by atoms with Crippen molar-refractivity contribution in [1.29, 1.82) is 0 Å². The minimum Gasteiger partial charge on any atom is -0.486 e. The Kier molecular flexibility index (Phi) is 4.69. The molecule has 19 heavy (non-hydrogen) atoms. The fraction of sp³-hybridized carbons (Fsp3) is 0.500. The molecule has 1 atom stereocenters. The van der Waals surface area contributed by atoms with Gasteiger partial charge < -0.3 is 14.6 Å². The van der Waals surface area contributed by atoms with E-state index in [-0.39, 0.29) is 12.3 Å². The van der Waals surface area contributed by atoms with Gasteiger partial charge in [0.05, 0.1) is 0 Å². The summed E-state index contributed by atoms with van der Waals surface area (Å²) in [6, 6.07) is 3.90. The van der Waals surface area contributed by atoms with Crippen molar-refractivity contribution in [2.24, 2.45) is 5.92 Å². The summed E-state index contributed by atoms with van der Waals surface area (Å²) < 4.78 is 12.0. The van der Waals surface area contributed by atoms with Crippen LogP contribution in [0.15, 0.2) is 16.6 Å². The number of aliphatic carboxylic acids is 1. The first kappa shape index (κ1) is 14.2. The standard InChI is InChI=1S/C14H17BrO4/c1-9(6-14(16)17)2-3-10-7-12-13(8-11(10)15)19-5-4-18-12/h7-9H,2-6H2,1H3,(H,16,17). The zero-order valence-electron chi connectivity index (χ0n) is 10.8. The molecule has 0 amide bonds. The molecule has 0 bridgehead atoms. The highest BCUT2D eigenvalue weighted by atomic mass is 79.9. The van der Waals surface area contributed by atoms with Gasteiger partial charge in [-0.2, -0.15) is 0 Å². The second kappa shape index (κ2) is 6.28. The van der Waals surface area contributed by atoms with Gasteiger partial charge in [-0.15, -0.1) is 0 Å². The number of hydrogen-bond acceptors (Lipinski definition) is 3. The average Bonchev–Trinajstić information content (AvgIpc) is 2.35. The molecule has 0 saturated carbocycles. The van der Waals surface area contributed by atoms with Crippen LogP contribution in [0.4, 0.5) is 0 Å². The van der Waals surface area contributed by atoms with E-state index in [1.165, 1.54) is 0 Å². The first-order chi connectivity index (χ1) is 9.06. The SMILES string of the molecule is CC(CCc1cc2c(cc1Br)OCCO2)CC(=O)O. The summed E-state index contributed by atoms with van der Waals surface area (Å²) in [7, 11) is 0. The second-order valence-corrected chi connectivity index (χ2v) is 5.68. The highest BCUT2D eigenvalue weighted by Crippen LogP contribution is 2.36. The van der Waals surface area contributed by atoms with Crippen LogP contribution in [-0.2, 0) is 11.2 Å². The summed E-state index contributed by atoms with van der Waals surface area (Å²) in [5.41, 5.74) is 1.13. The molecule has 0 saturated heterocycles. The zero-order chi connectivity index (χ0) is 13.8. The van der Waals surface area contributed by atoms with Crippen LogP contribution in [0.2, 0.25) is 0 Å². The Morgan fingerprint density at radius 1 is 1.37 bits per heavy atom. The first-order valence-electron chi connectivity index (χ1n) is 6.36. The molecule has 1 aliphatic rings. The van der Waals surface area contributed by atoms with E-state index in [4.69, 9.17) is 14.6 Å². The maximum Gasteiger partial charge on any atom is 0.303 e. The molecule has 1 aromatic carbocycles. The van der Waals surface area contributed by atoms with Crippen molar-refractivity contribution in [3.05, 3.63) is 22.2 Å². The van der Waals surface area contributed by atoms with Crippen molar-refractivity contribution in [1.82, 2.24) is 0 Å². The molecule has 0 aliphatic carbocycles. The Morgan fingerprint density at radius 2 is 2.00 bits per heavy atom. The largest absolute Gasteiger partial charge is 0.486 e. The molecule has 1 heterocycles. The van der Waals surface area contributed by atoms with Crippen molar-refractivity contribution in [2.75, 3.05) is 13.2 Å². The second-order valence-electron chi connectivity index (χ2n) is 4.83. The van der Waals surface area contributed by atoms with Gasteiger partial charge in [-0.05, 0) is 36.5 Å². The van der Waals surface area contributed by atoms with Gasteiger partial charge in [0, 0.05) is 10.9 Å². The normalized spacial score (nSPS) is 15.1. The van der Waals surface area contributed by atoms with E-state index in [1.54, 1.807) is 0 Å². The molecule has 0 aromatic heterocycles. The Balaban J connectivity index is 2.02. The van der Waals surface area contributed by atoms with E-state index in [9.17, 15) is 4.79 Å². The lowest BCUT2D eigenvalue weighted by Crippen LogP contribution is -2.15. The average molecular weight is 329 g/mol. The van der Waals surface area contributed by atoms with E-state index in [0.29, 0.717) is 13.2 Å². The van der Waals surface area contributed by atoms with Gasteiger partial charge >= 0.3 is 5.97 Å². The van der Waals surface area contributed by atoms with Crippen molar-refractivity contribution < 1.29 is 19.4 Å². The maximum absolute atomic E-state index is 10.6. The molecule has 0 radical (unpaired) electrons. The number of hydrogen-bond donors (Lipinski definition) is 1. The predicted molar refractivity (Wildman–Crippen MR) is 74.9 cm³/mol. The minimum absolute atomic E-state index is 0.164. The maximum atomic E-state index is 10.6. The first-order valence-corrected chi connectivity index (χ1v) is 7.15. The number of rotatable bonds is 5. The summed E-state index contributed by atoms with van der Waals surface area (Å²) in [5.74, 6) is 0.960. The highest BCUT2D eigenvalue weighted by molar-refractivity contribution is 9.10. The number of fused-ring (bicyclic) bond motifs is 1. The predicted octanol–water partition coefficient (Wildman–Crippen LogP) is 3.26. The summed E-state index contributed by atoms with van der Waals surface area (Å²) >= 11 is 3.52. The monoisotopic (exact) mass is 328 g/mol. The van der Waals surface area contributed by atoms with Gasteiger partial charge in [-0.25, -0.2) is 0 Å². The third-order valence-corrected chi connectivity index (χ3v) is 3.88. The van der Waals surface area contributed by atoms with E-state index in [1.807, 2.05) is 19.1 Å². The molecule has 1 unspecified atom stereocenters. The van der Waals surface area contributed by atoms with Gasteiger partial charge in [0.25, 0.3) is 0 Å². The van der Waals surface area contributed by atoms with Crippen molar-refractivity contribution >= 4 is 21.9 Å². The number of ether oxygens (including phenoxy) is 2. The lowest BCUT2D eigenvalue weighted by atomic mass is 9.98. The van der Waals surface area contributed by atoms with Gasteiger partial charge in [0.2, 0.25) is 0 Å². The Hall–Kier alpha value is -1.23. The number of carboxylic acid groups (broad SMARTS) is 1. The molecular formula is C14H17BrO4. The number of aryl methyl sites for hydroxylation is 1. The minimum atomic E-state index is -0.742. The summed E-state index contributed by atoms with van der Waals surface area (Å²) in [4.78, 5) is 10.6. The van der Waals surface area contributed by atoms with E-state index in [2.05, 4.69) is 15.9 Å². The van der Waals surface area contributed by atoms with Crippen LogP contribution in [0.3, 0.4) is 0 Å². The van der Waals surface area contributed by atoms with Crippen molar-refractivity contribution in [2.45, 2.75) is 26.2 Å². The van der Waals surface area contributed by atoms with Crippen molar-refractivity contribution in [3.63, 3.8) is 0 Å². The molecule has 0 spiro atoms. The number of halogens is 1. The quantitative estimate of drug-likeness (QED) is 0.901. The summed E-state index contributed by atoms with van der Waals surface area (Å²) in [6.45, 7) is 3.11. The third-order valence-electron chi connectivity index (χ3n) is 3.14. The van der Waals surface area contributed by atoms with Crippen LogP contribution in [0.5, 0.6) is 11.5 Å². The molecular weight excluding hydrogens is 312 g/mol. The van der Waals surface area contributed by atoms with Gasteiger partial charge in [-0.1, -0.05) is 22.9 Å². The van der Waals surface area contributed by atoms with Crippen LogP contribution in [0.25, 0.3) is 0 Å². The molecule has 2 rings (SSSR count). The number of carbonyl (C=O) groups is 1. The topological polar surface area (TPSA) is 55.8 Å². The third kappa shape index (κ3) is 3.86. The van der Waals surface area contributed by atoms with E-state index in [0.717, 1.165) is 34.4 Å². The number of benzene rings is 1.